The first-order valence-electron chi connectivity index (χ1n) is 11.7. The normalized spacial score (nSPS) is 13.2. The third-order valence-electron chi connectivity index (χ3n) is 5.53. The summed E-state index contributed by atoms with van der Waals surface area (Å²) in [4.78, 5) is 41.4. The fourth-order valence-electron chi connectivity index (χ4n) is 3.53. The van der Waals surface area contributed by atoms with E-state index < -0.39 is 17.8 Å². The Bertz CT molecular complexity index is 1320. The third-order valence-corrected chi connectivity index (χ3v) is 6.87. The van der Waals surface area contributed by atoms with Crippen molar-refractivity contribution in [1.82, 2.24) is 0 Å². The lowest BCUT2D eigenvalue weighted by molar-refractivity contribution is -0.120. The summed E-state index contributed by atoms with van der Waals surface area (Å²) in [6.45, 7) is 2.35. The number of imide groups is 1. The number of amides is 2. The SMILES string of the molecule is CCCCOC(=O)c1ccc(N2C(=O)C(Nc3ccc(OC)cc3)=C(Sc3ccc(Cl)cc3)C2=O)cc1. The molecule has 0 atom stereocenters. The number of esters is 1. The van der Waals surface area contributed by atoms with Crippen molar-refractivity contribution in [3.63, 3.8) is 0 Å². The molecule has 1 aliphatic rings. The van der Waals surface area contributed by atoms with Crippen molar-refractivity contribution in [2.75, 3.05) is 23.9 Å². The Labute approximate surface area is 224 Å². The van der Waals surface area contributed by atoms with Gasteiger partial charge in [0.05, 0.1) is 25.0 Å². The Balaban J connectivity index is 1.62. The second-order valence-electron chi connectivity index (χ2n) is 8.10. The number of hydrogen-bond acceptors (Lipinski definition) is 7. The Morgan fingerprint density at radius 3 is 2.24 bits per heavy atom. The number of nitrogens with one attached hydrogen (secondary N) is 1. The molecule has 0 bridgehead atoms. The van der Waals surface area contributed by atoms with E-state index in [1.807, 2.05) is 6.92 Å². The maximum atomic E-state index is 13.5. The minimum atomic E-state index is -0.504. The van der Waals surface area contributed by atoms with Gasteiger partial charge in [0, 0.05) is 15.6 Å². The van der Waals surface area contributed by atoms with Crippen LogP contribution in [0, 0.1) is 0 Å². The summed E-state index contributed by atoms with van der Waals surface area (Å²) in [5, 5.41) is 3.67. The Morgan fingerprint density at radius 1 is 0.946 bits per heavy atom. The number of benzene rings is 3. The molecule has 0 radical (unpaired) electrons. The molecule has 0 saturated heterocycles. The lowest BCUT2D eigenvalue weighted by Gasteiger charge is -2.16. The second kappa shape index (κ2) is 12.0. The van der Waals surface area contributed by atoms with E-state index in [9.17, 15) is 14.4 Å². The van der Waals surface area contributed by atoms with Gasteiger partial charge in [-0.2, -0.15) is 0 Å². The number of halogens is 1. The van der Waals surface area contributed by atoms with Crippen molar-refractivity contribution >= 4 is 52.5 Å². The molecule has 9 heteroatoms. The largest absolute Gasteiger partial charge is 0.497 e. The van der Waals surface area contributed by atoms with Crippen molar-refractivity contribution in [3.05, 3.63) is 94.0 Å². The molecule has 4 rings (SSSR count). The lowest BCUT2D eigenvalue weighted by Crippen LogP contribution is -2.32. The number of hydrogen-bond donors (Lipinski definition) is 1. The molecule has 3 aromatic rings. The highest BCUT2D eigenvalue weighted by atomic mass is 35.5. The van der Waals surface area contributed by atoms with E-state index in [0.717, 1.165) is 22.6 Å². The molecule has 0 spiro atoms. The minimum Gasteiger partial charge on any atom is -0.497 e. The molecular formula is C28H25ClN2O5S. The average molecular weight is 537 g/mol. The fourth-order valence-corrected chi connectivity index (χ4v) is 4.58. The summed E-state index contributed by atoms with van der Waals surface area (Å²) >= 11 is 7.18. The molecule has 37 heavy (non-hydrogen) atoms. The molecule has 2 amide bonds. The van der Waals surface area contributed by atoms with Crippen molar-refractivity contribution in [2.45, 2.75) is 24.7 Å². The number of carbonyl (C=O) groups is 3. The summed E-state index contributed by atoms with van der Waals surface area (Å²) in [7, 11) is 1.57. The number of methoxy groups -OCH3 is 1. The van der Waals surface area contributed by atoms with Crippen LogP contribution in [0.2, 0.25) is 5.02 Å². The number of nitrogens with zero attached hydrogens (tertiary/aromatic N) is 1. The van der Waals surface area contributed by atoms with Crippen LogP contribution in [0.15, 0.2) is 88.3 Å². The van der Waals surface area contributed by atoms with E-state index in [1.54, 1.807) is 79.9 Å². The molecule has 1 aliphatic heterocycles. The van der Waals surface area contributed by atoms with Gasteiger partial charge in [-0.1, -0.05) is 36.7 Å². The van der Waals surface area contributed by atoms with Gasteiger partial charge in [0.25, 0.3) is 11.8 Å². The van der Waals surface area contributed by atoms with Gasteiger partial charge in [-0.3, -0.25) is 9.59 Å². The average Bonchev–Trinajstić information content (AvgIpc) is 3.14. The van der Waals surface area contributed by atoms with E-state index in [4.69, 9.17) is 21.1 Å². The zero-order valence-electron chi connectivity index (χ0n) is 20.3. The maximum absolute atomic E-state index is 13.5. The van der Waals surface area contributed by atoms with Gasteiger partial charge >= 0.3 is 5.97 Å². The summed E-state index contributed by atoms with van der Waals surface area (Å²) in [5.41, 5.74) is 1.47. The first-order valence-corrected chi connectivity index (χ1v) is 12.9. The summed E-state index contributed by atoms with van der Waals surface area (Å²) in [6.07, 6.45) is 1.70. The van der Waals surface area contributed by atoms with E-state index in [2.05, 4.69) is 5.32 Å². The van der Waals surface area contributed by atoms with Crippen LogP contribution in [0.1, 0.15) is 30.1 Å². The summed E-state index contributed by atoms with van der Waals surface area (Å²) < 4.78 is 10.4. The van der Waals surface area contributed by atoms with E-state index in [-0.39, 0.29) is 10.6 Å². The van der Waals surface area contributed by atoms with E-state index in [1.165, 1.54) is 11.8 Å². The van der Waals surface area contributed by atoms with Crippen LogP contribution in [0.4, 0.5) is 11.4 Å². The number of carbonyl (C=O) groups excluding carboxylic acids is 3. The second-order valence-corrected chi connectivity index (χ2v) is 9.62. The Morgan fingerprint density at radius 2 is 1.62 bits per heavy atom. The number of unbranched alkanes of at least 4 members (excludes halogenated alkanes) is 1. The van der Waals surface area contributed by atoms with Crippen molar-refractivity contribution in [1.29, 1.82) is 0 Å². The Hall–Kier alpha value is -3.75. The van der Waals surface area contributed by atoms with Gasteiger partial charge in [0.15, 0.2) is 0 Å². The van der Waals surface area contributed by atoms with Gasteiger partial charge in [0.1, 0.15) is 16.4 Å². The van der Waals surface area contributed by atoms with Crippen LogP contribution in [0.3, 0.4) is 0 Å². The van der Waals surface area contributed by atoms with Crippen LogP contribution in [-0.2, 0) is 14.3 Å². The predicted molar refractivity (Wildman–Crippen MR) is 145 cm³/mol. The highest BCUT2D eigenvalue weighted by Gasteiger charge is 2.40. The van der Waals surface area contributed by atoms with Gasteiger partial charge in [-0.15, -0.1) is 0 Å². The standard InChI is InChI=1S/C28H25ClN2O5S/c1-3-4-17-36-28(34)18-5-11-21(12-6-18)31-26(32)24(30-20-9-13-22(35-2)14-10-20)25(27(31)33)37-23-15-7-19(29)8-16-23/h5-16,30H,3-4,17H2,1-2H3. The molecule has 0 aliphatic carbocycles. The molecular weight excluding hydrogens is 512 g/mol. The highest BCUT2D eigenvalue weighted by Crippen LogP contribution is 2.38. The zero-order chi connectivity index (χ0) is 26.4. The van der Waals surface area contributed by atoms with Crippen LogP contribution in [0.5, 0.6) is 5.75 Å². The number of thioether (sulfide) groups is 1. The predicted octanol–water partition coefficient (Wildman–Crippen LogP) is 6.29. The third kappa shape index (κ3) is 6.15. The first-order chi connectivity index (χ1) is 17.9. The van der Waals surface area contributed by atoms with E-state index in [0.29, 0.717) is 34.3 Å². The highest BCUT2D eigenvalue weighted by molar-refractivity contribution is 8.04. The quantitative estimate of drug-likeness (QED) is 0.185. The minimum absolute atomic E-state index is 0.151. The van der Waals surface area contributed by atoms with Crippen LogP contribution in [0.25, 0.3) is 0 Å². The topological polar surface area (TPSA) is 84.9 Å². The molecule has 0 unspecified atom stereocenters. The number of rotatable bonds is 10. The van der Waals surface area contributed by atoms with Gasteiger partial charge in [-0.05, 0) is 79.2 Å². The molecule has 190 valence electrons. The molecule has 0 saturated carbocycles. The molecule has 3 aromatic carbocycles. The molecule has 0 fully saturated rings. The van der Waals surface area contributed by atoms with Crippen molar-refractivity contribution in [2.24, 2.45) is 0 Å². The maximum Gasteiger partial charge on any atom is 0.338 e. The lowest BCUT2D eigenvalue weighted by atomic mass is 10.2. The molecule has 7 nitrogen and oxygen atoms in total. The zero-order valence-corrected chi connectivity index (χ0v) is 21.9. The summed E-state index contributed by atoms with van der Waals surface area (Å²) in [6, 6.07) is 20.3. The van der Waals surface area contributed by atoms with Gasteiger partial charge in [-0.25, -0.2) is 9.69 Å². The fraction of sp³-hybridized carbons (Fsp3) is 0.179. The van der Waals surface area contributed by atoms with Gasteiger partial charge < -0.3 is 14.8 Å². The van der Waals surface area contributed by atoms with Crippen molar-refractivity contribution in [3.8, 4) is 5.75 Å². The van der Waals surface area contributed by atoms with Gasteiger partial charge in [0.2, 0.25) is 0 Å². The number of ether oxygens (including phenoxy) is 2. The van der Waals surface area contributed by atoms with Crippen LogP contribution in [-0.4, -0.2) is 31.5 Å². The Kier molecular flexibility index (Phi) is 8.53. The monoisotopic (exact) mass is 536 g/mol. The molecule has 0 aromatic heterocycles. The summed E-state index contributed by atoms with van der Waals surface area (Å²) in [5.74, 6) is -0.758. The van der Waals surface area contributed by atoms with Crippen molar-refractivity contribution < 1.29 is 23.9 Å². The van der Waals surface area contributed by atoms with E-state index >= 15 is 0 Å². The van der Waals surface area contributed by atoms with Crippen LogP contribution < -0.4 is 15.0 Å². The molecule has 1 N–H and O–H groups in total. The molecule has 1 heterocycles. The van der Waals surface area contributed by atoms with Crippen LogP contribution >= 0.6 is 23.4 Å². The number of anilines is 2. The first kappa shape index (κ1) is 26.3. The smallest absolute Gasteiger partial charge is 0.338 e.